The quantitative estimate of drug-likeness (QED) is 0.777. The summed E-state index contributed by atoms with van der Waals surface area (Å²) in [6.07, 6.45) is 1.73. The number of aromatic nitrogens is 1. The second kappa shape index (κ2) is 4.07. The molecule has 0 fully saturated rings. The van der Waals surface area contributed by atoms with E-state index in [1.165, 1.54) is 0 Å². The topological polar surface area (TPSA) is 22.1 Å². The summed E-state index contributed by atoms with van der Waals surface area (Å²) in [5.74, 6) is 0.641. The molecule has 0 bridgehead atoms. The third-order valence-electron chi connectivity index (χ3n) is 1.26. The predicted molar refractivity (Wildman–Crippen MR) is 51.1 cm³/mol. The molecular weight excluding hydrogens is 274 g/mol. The molecule has 11 heavy (non-hydrogen) atoms. The highest BCUT2D eigenvalue weighted by atomic mass is 79.9. The lowest BCUT2D eigenvalue weighted by molar-refractivity contribution is 0.397. The summed E-state index contributed by atoms with van der Waals surface area (Å²) in [4.78, 5) is 4.02. The zero-order chi connectivity index (χ0) is 8.27. The number of nitrogens with zero attached hydrogens (tertiary/aromatic N) is 1. The van der Waals surface area contributed by atoms with E-state index in [1.807, 2.05) is 6.07 Å². The van der Waals surface area contributed by atoms with E-state index < -0.39 is 0 Å². The van der Waals surface area contributed by atoms with Crippen LogP contribution in [0, 0.1) is 0 Å². The van der Waals surface area contributed by atoms with Crippen LogP contribution < -0.4 is 4.74 Å². The molecule has 2 nitrogen and oxygen atoms in total. The lowest BCUT2D eigenvalue weighted by Crippen LogP contribution is -1.89. The van der Waals surface area contributed by atoms with E-state index in [0.29, 0.717) is 5.88 Å². The van der Waals surface area contributed by atoms with Gasteiger partial charge >= 0.3 is 0 Å². The van der Waals surface area contributed by atoms with Crippen LogP contribution in [-0.2, 0) is 5.33 Å². The number of halogens is 2. The van der Waals surface area contributed by atoms with Crippen LogP contribution in [0.4, 0.5) is 0 Å². The number of alkyl halides is 1. The zero-order valence-corrected chi connectivity index (χ0v) is 9.15. The Kier molecular flexibility index (Phi) is 3.33. The Morgan fingerprint density at radius 1 is 1.64 bits per heavy atom. The summed E-state index contributed by atoms with van der Waals surface area (Å²) in [6.45, 7) is 0. The second-order valence-electron chi connectivity index (χ2n) is 1.95. The predicted octanol–water partition coefficient (Wildman–Crippen LogP) is 2.75. The van der Waals surface area contributed by atoms with Gasteiger partial charge in [-0.3, -0.25) is 0 Å². The third-order valence-corrected chi connectivity index (χ3v) is 2.58. The maximum atomic E-state index is 4.96. The summed E-state index contributed by atoms with van der Waals surface area (Å²) in [5.41, 5.74) is 1.14. The van der Waals surface area contributed by atoms with Crippen molar-refractivity contribution in [3.8, 4) is 5.88 Å². The van der Waals surface area contributed by atoms with E-state index in [2.05, 4.69) is 36.8 Å². The van der Waals surface area contributed by atoms with Crippen molar-refractivity contribution in [2.75, 3.05) is 7.11 Å². The monoisotopic (exact) mass is 279 g/mol. The maximum absolute atomic E-state index is 4.96. The molecule has 0 aromatic carbocycles. The highest BCUT2D eigenvalue weighted by molar-refractivity contribution is 9.10. The van der Waals surface area contributed by atoms with Crippen molar-refractivity contribution in [2.45, 2.75) is 5.33 Å². The Bertz CT molecular complexity index is 252. The molecule has 1 heterocycles. The van der Waals surface area contributed by atoms with Crippen LogP contribution in [0.1, 0.15) is 5.56 Å². The third kappa shape index (κ3) is 2.17. The largest absolute Gasteiger partial charge is 0.481 e. The van der Waals surface area contributed by atoms with Crippen molar-refractivity contribution < 1.29 is 4.74 Å². The van der Waals surface area contributed by atoms with Gasteiger partial charge in [0.2, 0.25) is 5.88 Å². The van der Waals surface area contributed by atoms with Crippen molar-refractivity contribution in [1.82, 2.24) is 4.98 Å². The van der Waals surface area contributed by atoms with E-state index in [0.717, 1.165) is 15.4 Å². The molecule has 0 atom stereocenters. The molecule has 0 saturated heterocycles. The van der Waals surface area contributed by atoms with Crippen LogP contribution in [0.25, 0.3) is 0 Å². The van der Waals surface area contributed by atoms with Crippen LogP contribution >= 0.6 is 31.9 Å². The van der Waals surface area contributed by atoms with Gasteiger partial charge in [-0.05, 0) is 21.5 Å². The van der Waals surface area contributed by atoms with Crippen LogP contribution in [-0.4, -0.2) is 12.1 Å². The van der Waals surface area contributed by atoms with Crippen LogP contribution in [0.2, 0.25) is 0 Å². The van der Waals surface area contributed by atoms with Gasteiger partial charge in [-0.15, -0.1) is 0 Å². The fourth-order valence-corrected chi connectivity index (χ4v) is 1.87. The number of hydrogen-bond donors (Lipinski definition) is 0. The highest BCUT2D eigenvalue weighted by Gasteiger charge is 2.00. The molecule has 1 rings (SSSR count). The molecule has 0 N–H and O–H groups in total. The Balaban J connectivity index is 3.02. The van der Waals surface area contributed by atoms with Gasteiger partial charge in [0.25, 0.3) is 0 Å². The van der Waals surface area contributed by atoms with Gasteiger partial charge in [-0.1, -0.05) is 15.9 Å². The summed E-state index contributed by atoms with van der Waals surface area (Å²) in [6, 6.07) is 1.89. The number of methoxy groups -OCH3 is 1. The van der Waals surface area contributed by atoms with E-state index >= 15 is 0 Å². The number of rotatable bonds is 2. The van der Waals surface area contributed by atoms with Crippen molar-refractivity contribution in [3.63, 3.8) is 0 Å². The molecule has 0 aliphatic rings. The second-order valence-corrected chi connectivity index (χ2v) is 3.37. The van der Waals surface area contributed by atoms with Gasteiger partial charge in [-0.2, -0.15) is 0 Å². The van der Waals surface area contributed by atoms with Gasteiger partial charge < -0.3 is 4.74 Å². The molecule has 0 amide bonds. The molecular formula is C7H7Br2NO. The standard InChI is InChI=1S/C7H7Br2NO/c1-11-7-2-5(3-8)6(9)4-10-7/h2,4H,3H2,1H3. The average molecular weight is 281 g/mol. The first-order valence-corrected chi connectivity index (χ1v) is 4.93. The normalized spacial score (nSPS) is 9.73. The molecule has 0 unspecified atom stereocenters. The molecule has 4 heteroatoms. The van der Waals surface area contributed by atoms with E-state index in [-0.39, 0.29) is 0 Å². The average Bonchev–Trinajstić information content (AvgIpc) is 2.05. The molecule has 0 spiro atoms. The van der Waals surface area contributed by atoms with Gasteiger partial charge in [0.1, 0.15) is 0 Å². The van der Waals surface area contributed by atoms with Crippen molar-refractivity contribution in [2.24, 2.45) is 0 Å². The smallest absolute Gasteiger partial charge is 0.213 e. The summed E-state index contributed by atoms with van der Waals surface area (Å²) < 4.78 is 5.95. The van der Waals surface area contributed by atoms with Crippen molar-refractivity contribution in [1.29, 1.82) is 0 Å². The zero-order valence-electron chi connectivity index (χ0n) is 5.97. The summed E-state index contributed by atoms with van der Waals surface area (Å²) in [5, 5.41) is 0.798. The number of hydrogen-bond acceptors (Lipinski definition) is 2. The molecule has 0 saturated carbocycles. The van der Waals surface area contributed by atoms with Crippen molar-refractivity contribution in [3.05, 3.63) is 22.3 Å². The van der Waals surface area contributed by atoms with Crippen LogP contribution in [0.3, 0.4) is 0 Å². The Hall–Kier alpha value is -0.0900. The first-order valence-electron chi connectivity index (χ1n) is 3.02. The first-order chi connectivity index (χ1) is 5.27. The minimum atomic E-state index is 0.641. The van der Waals surface area contributed by atoms with Gasteiger partial charge in [0.15, 0.2) is 0 Å². The number of pyridine rings is 1. The van der Waals surface area contributed by atoms with E-state index in [1.54, 1.807) is 13.3 Å². The maximum Gasteiger partial charge on any atom is 0.213 e. The summed E-state index contributed by atoms with van der Waals surface area (Å²) >= 11 is 6.73. The molecule has 1 aromatic rings. The van der Waals surface area contributed by atoms with Crippen LogP contribution in [0.5, 0.6) is 5.88 Å². The first kappa shape index (κ1) is 9.00. The van der Waals surface area contributed by atoms with Crippen LogP contribution in [0.15, 0.2) is 16.7 Å². The fourth-order valence-electron chi connectivity index (χ4n) is 0.672. The lowest BCUT2D eigenvalue weighted by Gasteiger charge is -2.02. The molecule has 60 valence electrons. The minimum absolute atomic E-state index is 0.641. The van der Waals surface area contributed by atoms with E-state index in [4.69, 9.17) is 4.74 Å². The molecule has 1 aromatic heterocycles. The Labute approximate surface area is 82.2 Å². The minimum Gasteiger partial charge on any atom is -0.481 e. The SMILES string of the molecule is COc1cc(CBr)c(Br)cn1. The molecule has 0 aliphatic heterocycles. The highest BCUT2D eigenvalue weighted by Crippen LogP contribution is 2.21. The Morgan fingerprint density at radius 2 is 2.36 bits per heavy atom. The summed E-state index contributed by atoms with van der Waals surface area (Å²) in [7, 11) is 1.61. The van der Waals surface area contributed by atoms with Gasteiger partial charge in [0.05, 0.1) is 7.11 Å². The van der Waals surface area contributed by atoms with Crippen molar-refractivity contribution >= 4 is 31.9 Å². The van der Waals surface area contributed by atoms with Gasteiger partial charge in [0, 0.05) is 22.1 Å². The molecule has 0 aliphatic carbocycles. The lowest BCUT2D eigenvalue weighted by atomic mass is 10.3. The Morgan fingerprint density at radius 3 is 2.91 bits per heavy atom. The fraction of sp³-hybridized carbons (Fsp3) is 0.286. The van der Waals surface area contributed by atoms with Gasteiger partial charge in [-0.25, -0.2) is 4.98 Å². The van der Waals surface area contributed by atoms with E-state index in [9.17, 15) is 0 Å². The number of ether oxygens (including phenoxy) is 1. The molecule has 0 radical (unpaired) electrons.